The topological polar surface area (TPSA) is 61.9 Å². The van der Waals surface area contributed by atoms with Crippen molar-refractivity contribution in [3.63, 3.8) is 0 Å². The molecule has 0 radical (unpaired) electrons. The minimum atomic E-state index is -1.21. The van der Waals surface area contributed by atoms with Crippen molar-refractivity contribution in [1.29, 1.82) is 0 Å². The third-order valence-electron chi connectivity index (χ3n) is 5.15. The Labute approximate surface area is 201 Å². The van der Waals surface area contributed by atoms with Crippen LogP contribution in [-0.2, 0) is 15.7 Å². The number of carbonyl (C=O) groups is 1. The molecule has 8 heteroatoms. The summed E-state index contributed by atoms with van der Waals surface area (Å²) in [6, 6.07) is 5.83. The van der Waals surface area contributed by atoms with Crippen LogP contribution in [0.5, 0.6) is 0 Å². The Morgan fingerprint density at radius 2 is 1.72 bits per heavy atom. The number of hydrogen-bond donors (Lipinski definition) is 1. The van der Waals surface area contributed by atoms with E-state index < -0.39 is 16.6 Å². The highest BCUT2D eigenvalue weighted by molar-refractivity contribution is 7.84. The van der Waals surface area contributed by atoms with Gasteiger partial charge < -0.3 is 14.5 Å². The van der Waals surface area contributed by atoms with E-state index in [-0.39, 0.29) is 16.9 Å². The maximum Gasteiger partial charge on any atom is 0.410 e. The predicted molar refractivity (Wildman–Crippen MR) is 135 cm³/mol. The number of anilines is 1. The van der Waals surface area contributed by atoms with Crippen LogP contribution >= 0.6 is 11.6 Å². The van der Waals surface area contributed by atoms with Crippen molar-refractivity contribution in [2.75, 3.05) is 31.1 Å². The minimum Gasteiger partial charge on any atom is -0.444 e. The van der Waals surface area contributed by atoms with Gasteiger partial charge in [0.2, 0.25) is 0 Å². The number of benzene rings is 1. The lowest BCUT2D eigenvalue weighted by Crippen LogP contribution is -2.50. The second kappa shape index (κ2) is 10.7. The molecule has 1 fully saturated rings. The third-order valence-corrected chi connectivity index (χ3v) is 7.00. The van der Waals surface area contributed by atoms with Crippen LogP contribution in [0.3, 0.4) is 0 Å². The van der Waals surface area contributed by atoms with Crippen LogP contribution in [-0.4, -0.2) is 51.7 Å². The first-order valence-electron chi connectivity index (χ1n) is 11.4. The Morgan fingerprint density at radius 3 is 2.22 bits per heavy atom. The average molecular weight is 486 g/mol. The van der Waals surface area contributed by atoms with Crippen LogP contribution < -0.4 is 9.62 Å². The first kappa shape index (κ1) is 26.9. The van der Waals surface area contributed by atoms with Gasteiger partial charge in [0.25, 0.3) is 0 Å². The van der Waals surface area contributed by atoms with Crippen molar-refractivity contribution in [2.24, 2.45) is 5.92 Å². The van der Waals surface area contributed by atoms with Gasteiger partial charge in [-0.25, -0.2) is 13.7 Å². The highest BCUT2D eigenvalue weighted by atomic mass is 35.5. The largest absolute Gasteiger partial charge is 0.444 e. The lowest BCUT2D eigenvalue weighted by molar-refractivity contribution is 0.0240. The molecule has 1 saturated heterocycles. The molecular weight excluding hydrogens is 446 g/mol. The van der Waals surface area contributed by atoms with E-state index in [1.807, 2.05) is 59.7 Å². The Morgan fingerprint density at radius 1 is 1.12 bits per heavy atom. The van der Waals surface area contributed by atoms with E-state index in [1.165, 1.54) is 0 Å². The number of rotatable bonds is 6. The zero-order valence-corrected chi connectivity index (χ0v) is 22.4. The molecule has 0 aliphatic carbocycles. The number of piperazine rings is 1. The maximum atomic E-state index is 12.9. The molecule has 0 unspecified atom stereocenters. The molecule has 1 aliphatic rings. The zero-order chi connectivity index (χ0) is 24.3. The van der Waals surface area contributed by atoms with Crippen molar-refractivity contribution in [2.45, 2.75) is 78.2 Å². The fraction of sp³-hybridized carbons (Fsp3) is 0.708. The van der Waals surface area contributed by atoms with Gasteiger partial charge in [0.1, 0.15) is 5.60 Å². The molecule has 0 spiro atoms. The number of carbonyl (C=O) groups excluding carboxylic acids is 1. The molecule has 6 nitrogen and oxygen atoms in total. The van der Waals surface area contributed by atoms with Crippen molar-refractivity contribution in [1.82, 2.24) is 9.62 Å². The molecule has 0 aromatic heterocycles. The van der Waals surface area contributed by atoms with E-state index >= 15 is 0 Å². The van der Waals surface area contributed by atoms with E-state index in [0.29, 0.717) is 37.1 Å². The van der Waals surface area contributed by atoms with Gasteiger partial charge in [-0.1, -0.05) is 25.4 Å². The monoisotopic (exact) mass is 485 g/mol. The number of halogens is 1. The van der Waals surface area contributed by atoms with E-state index in [9.17, 15) is 9.00 Å². The van der Waals surface area contributed by atoms with Gasteiger partial charge in [-0.05, 0) is 77.6 Å². The Bertz CT molecular complexity index is 810. The smallest absolute Gasteiger partial charge is 0.410 e. The summed E-state index contributed by atoms with van der Waals surface area (Å²) in [5.41, 5.74) is 1.62. The van der Waals surface area contributed by atoms with Crippen molar-refractivity contribution in [3.05, 3.63) is 28.8 Å². The van der Waals surface area contributed by atoms with Gasteiger partial charge in [-0.3, -0.25) is 0 Å². The molecule has 32 heavy (non-hydrogen) atoms. The highest BCUT2D eigenvalue weighted by Crippen LogP contribution is 2.34. The van der Waals surface area contributed by atoms with Crippen molar-refractivity contribution >= 4 is 34.4 Å². The molecule has 1 aliphatic heterocycles. The lowest BCUT2D eigenvalue weighted by atomic mass is 9.96. The summed E-state index contributed by atoms with van der Waals surface area (Å²) in [4.78, 5) is 16.5. The van der Waals surface area contributed by atoms with Crippen LogP contribution in [0.15, 0.2) is 18.2 Å². The molecule has 2 atom stereocenters. The molecule has 2 rings (SSSR count). The summed E-state index contributed by atoms with van der Waals surface area (Å²) in [6.45, 7) is 18.5. The third kappa shape index (κ3) is 7.92. The quantitative estimate of drug-likeness (QED) is 0.574. The molecular formula is C24H40ClN3O3S. The van der Waals surface area contributed by atoms with Crippen molar-refractivity contribution < 1.29 is 13.7 Å². The zero-order valence-electron chi connectivity index (χ0n) is 20.8. The average Bonchev–Trinajstić information content (AvgIpc) is 2.65. The maximum absolute atomic E-state index is 12.9. The molecule has 1 aromatic carbocycles. The molecule has 1 heterocycles. The fourth-order valence-corrected chi connectivity index (χ4v) is 4.58. The van der Waals surface area contributed by atoms with Crippen LogP contribution in [0.1, 0.15) is 73.4 Å². The van der Waals surface area contributed by atoms with E-state index in [1.54, 1.807) is 4.90 Å². The Hall–Kier alpha value is -1.31. The lowest BCUT2D eigenvalue weighted by Gasteiger charge is -2.38. The summed E-state index contributed by atoms with van der Waals surface area (Å²) >= 11 is 6.40. The molecule has 1 aromatic rings. The summed E-state index contributed by atoms with van der Waals surface area (Å²) in [7, 11) is -1.21. The van der Waals surface area contributed by atoms with Crippen LogP contribution in [0.4, 0.5) is 10.5 Å². The number of nitrogens with one attached hydrogen (secondary N) is 1. The normalized spacial score (nSPS) is 17.4. The van der Waals surface area contributed by atoms with Gasteiger partial charge in [0.05, 0.1) is 15.7 Å². The van der Waals surface area contributed by atoms with E-state index in [2.05, 4.69) is 23.5 Å². The van der Waals surface area contributed by atoms with Gasteiger partial charge in [0, 0.05) is 42.9 Å². The first-order chi connectivity index (χ1) is 14.7. The van der Waals surface area contributed by atoms with Crippen molar-refractivity contribution in [3.8, 4) is 0 Å². The fourth-order valence-electron chi connectivity index (χ4n) is 3.56. The van der Waals surface area contributed by atoms with E-state index in [4.69, 9.17) is 16.3 Å². The van der Waals surface area contributed by atoms with Gasteiger partial charge in [-0.15, -0.1) is 0 Å². The van der Waals surface area contributed by atoms with Crippen LogP contribution in [0.2, 0.25) is 5.02 Å². The van der Waals surface area contributed by atoms with Gasteiger partial charge in [-0.2, -0.15) is 0 Å². The molecule has 1 amide bonds. The summed E-state index contributed by atoms with van der Waals surface area (Å²) in [5, 5.41) is 0.660. The molecule has 182 valence electrons. The second-order valence-electron chi connectivity index (χ2n) is 10.8. The highest BCUT2D eigenvalue weighted by Gasteiger charge is 2.30. The van der Waals surface area contributed by atoms with Gasteiger partial charge in [0.15, 0.2) is 0 Å². The van der Waals surface area contributed by atoms with Crippen LogP contribution in [0.25, 0.3) is 0 Å². The predicted octanol–water partition coefficient (Wildman–Crippen LogP) is 5.54. The number of ether oxygens (including phenoxy) is 1. The summed E-state index contributed by atoms with van der Waals surface area (Å²) < 4.78 is 21.5. The number of hydrogen-bond acceptors (Lipinski definition) is 4. The van der Waals surface area contributed by atoms with Gasteiger partial charge >= 0.3 is 6.09 Å². The molecule has 0 saturated carbocycles. The SMILES string of the molecule is CC(C)C[C@H](N[S@@](=O)C(C)(C)C)c1cc(Cl)ccc1N1CCN(C(=O)OC(C)(C)C)CC1. The molecule has 0 bridgehead atoms. The molecule has 1 N–H and O–H groups in total. The standard InChI is InChI=1S/C24H40ClN3O3S/c1-17(2)15-20(26-32(30)24(6,7)8)19-16-18(25)9-10-21(19)27-11-13-28(14-12-27)22(29)31-23(3,4)5/h9-10,16-17,20,26H,11-15H2,1-8H3/t20-,32-/m0/s1. The number of amides is 1. The Balaban J connectivity index is 2.25. The minimum absolute atomic E-state index is 0.0901. The number of nitrogens with zero attached hydrogens (tertiary/aromatic N) is 2. The summed E-state index contributed by atoms with van der Waals surface area (Å²) in [6.07, 6.45) is 0.570. The van der Waals surface area contributed by atoms with E-state index in [0.717, 1.165) is 17.7 Å². The Kier molecular flexibility index (Phi) is 9.05. The first-order valence-corrected chi connectivity index (χ1v) is 12.9. The summed E-state index contributed by atoms with van der Waals surface area (Å²) in [5.74, 6) is 0.417. The second-order valence-corrected chi connectivity index (χ2v) is 13.3. The van der Waals surface area contributed by atoms with Crippen LogP contribution in [0, 0.1) is 5.92 Å².